The van der Waals surface area contributed by atoms with Gasteiger partial charge in [0, 0.05) is 0 Å². The Morgan fingerprint density at radius 2 is 1.50 bits per heavy atom. The highest BCUT2D eigenvalue weighted by Gasteiger charge is 2.50. The van der Waals surface area contributed by atoms with Gasteiger partial charge in [-0.3, -0.25) is 14.4 Å². The van der Waals surface area contributed by atoms with Gasteiger partial charge < -0.3 is 4.74 Å². The predicted octanol–water partition coefficient (Wildman–Crippen LogP) is 2.36. The molecule has 1 heterocycles. The van der Waals surface area contributed by atoms with Gasteiger partial charge >= 0.3 is 0 Å². The molecule has 0 saturated carbocycles. The second kappa shape index (κ2) is 6.33. The zero-order valence-corrected chi connectivity index (χ0v) is 12.6. The van der Waals surface area contributed by atoms with Crippen LogP contribution >= 0.6 is 0 Å². The molecule has 1 aliphatic rings. The van der Waals surface area contributed by atoms with Crippen molar-refractivity contribution in [2.24, 2.45) is 0 Å². The first-order valence-electron chi connectivity index (χ1n) is 7.31. The topological polar surface area (TPSA) is 63.7 Å². The average Bonchev–Trinajstić information content (AvgIpc) is 2.88. The van der Waals surface area contributed by atoms with Gasteiger partial charge in [-0.2, -0.15) is 0 Å². The number of carbonyl (C=O) groups is 3. The van der Waals surface area contributed by atoms with Gasteiger partial charge in [0.15, 0.2) is 6.29 Å². The summed E-state index contributed by atoms with van der Waals surface area (Å²) < 4.78 is 20.2. The molecule has 0 fully saturated rings. The summed E-state index contributed by atoms with van der Waals surface area (Å²) in [7, 11) is 0. The molecular formula is C18H14FNO4. The van der Waals surface area contributed by atoms with E-state index in [0.29, 0.717) is 4.90 Å². The zero-order chi connectivity index (χ0) is 17.2. The van der Waals surface area contributed by atoms with E-state index >= 15 is 0 Å². The molecule has 0 radical (unpaired) electrons. The van der Waals surface area contributed by atoms with Crippen LogP contribution < -0.4 is 0 Å². The minimum atomic E-state index is -2.85. The van der Waals surface area contributed by atoms with Gasteiger partial charge in [-0.15, -0.1) is 0 Å². The number of nitrogens with zero attached hydrogens (tertiary/aromatic N) is 1. The van der Waals surface area contributed by atoms with Crippen molar-refractivity contribution in [3.8, 4) is 0 Å². The molecule has 5 nitrogen and oxygen atoms in total. The Labute approximate surface area is 137 Å². The van der Waals surface area contributed by atoms with Crippen LogP contribution in [-0.4, -0.2) is 35.4 Å². The first-order chi connectivity index (χ1) is 11.6. The van der Waals surface area contributed by atoms with Crippen LogP contribution in [0.3, 0.4) is 0 Å². The summed E-state index contributed by atoms with van der Waals surface area (Å²) in [5.74, 6) is -4.52. The van der Waals surface area contributed by atoms with Crippen molar-refractivity contribution in [1.82, 2.24) is 4.90 Å². The van der Waals surface area contributed by atoms with Crippen molar-refractivity contribution in [3.05, 3.63) is 71.3 Å². The number of amides is 2. The third-order valence-corrected chi connectivity index (χ3v) is 3.76. The Bertz CT molecular complexity index is 758. The number of imide groups is 1. The molecule has 6 heteroatoms. The van der Waals surface area contributed by atoms with Crippen molar-refractivity contribution < 1.29 is 23.5 Å². The number of rotatable bonds is 6. The van der Waals surface area contributed by atoms with Crippen LogP contribution in [0.25, 0.3) is 0 Å². The van der Waals surface area contributed by atoms with Crippen LogP contribution in [0.2, 0.25) is 0 Å². The van der Waals surface area contributed by atoms with E-state index in [1.54, 1.807) is 36.4 Å². The molecule has 0 aromatic heterocycles. The maximum absolute atomic E-state index is 15.0. The minimum absolute atomic E-state index is 0.0590. The average molecular weight is 327 g/mol. The minimum Gasteiger partial charge on any atom is -0.371 e. The highest BCUT2D eigenvalue weighted by Crippen LogP contribution is 2.30. The molecule has 0 N–H and O–H groups in total. The fraction of sp³-hybridized carbons (Fsp3) is 0.167. The number of halogens is 1. The van der Waals surface area contributed by atoms with Gasteiger partial charge in [-0.25, -0.2) is 9.29 Å². The van der Waals surface area contributed by atoms with Gasteiger partial charge in [0.2, 0.25) is 0 Å². The number of carbonyl (C=O) groups excluding carboxylic acids is 3. The molecule has 1 aliphatic heterocycles. The van der Waals surface area contributed by atoms with E-state index in [1.165, 1.54) is 12.1 Å². The number of hydrogen-bond acceptors (Lipinski definition) is 4. The molecule has 3 rings (SSSR count). The number of ether oxygens (including phenoxy) is 1. The molecule has 0 saturated heterocycles. The van der Waals surface area contributed by atoms with Crippen LogP contribution in [0.1, 0.15) is 26.3 Å². The van der Waals surface area contributed by atoms with Crippen LogP contribution in [0, 0.1) is 0 Å². The summed E-state index contributed by atoms with van der Waals surface area (Å²) in [6, 6.07) is 15.0. The number of benzene rings is 2. The number of hydrogen-bond donors (Lipinski definition) is 0. The Balaban J connectivity index is 1.77. The fourth-order valence-corrected chi connectivity index (χ4v) is 2.56. The second-order valence-electron chi connectivity index (χ2n) is 5.41. The summed E-state index contributed by atoms with van der Waals surface area (Å²) in [5.41, 5.74) is 0.942. The lowest BCUT2D eigenvalue weighted by molar-refractivity contribution is -0.133. The normalized spacial score (nSPS) is 16.0. The van der Waals surface area contributed by atoms with Crippen LogP contribution in [0.15, 0.2) is 54.6 Å². The van der Waals surface area contributed by atoms with Gasteiger partial charge in [0.05, 0.1) is 17.7 Å². The fourth-order valence-electron chi connectivity index (χ4n) is 2.56. The molecule has 2 aromatic rings. The molecule has 2 aromatic carbocycles. The van der Waals surface area contributed by atoms with Crippen LogP contribution in [0.4, 0.5) is 4.39 Å². The SMILES string of the molecule is O=C[C@@](F)(COCc1ccccc1)N1C(=O)c2ccccc2C1=O. The van der Waals surface area contributed by atoms with Crippen molar-refractivity contribution >= 4 is 18.1 Å². The van der Waals surface area contributed by atoms with Crippen molar-refractivity contribution in [2.45, 2.75) is 12.4 Å². The third-order valence-electron chi connectivity index (χ3n) is 3.76. The van der Waals surface area contributed by atoms with Crippen LogP contribution in [-0.2, 0) is 16.1 Å². The maximum atomic E-state index is 15.0. The quantitative estimate of drug-likeness (QED) is 0.464. The summed E-state index contributed by atoms with van der Waals surface area (Å²) >= 11 is 0. The van der Waals surface area contributed by atoms with E-state index < -0.39 is 24.2 Å². The molecule has 1 atom stereocenters. The number of fused-ring (bicyclic) bond motifs is 1. The van der Waals surface area contributed by atoms with E-state index in [-0.39, 0.29) is 24.0 Å². The largest absolute Gasteiger partial charge is 0.371 e. The summed E-state index contributed by atoms with van der Waals surface area (Å²) in [6.07, 6.45) is -0.0698. The molecule has 0 spiro atoms. The second-order valence-corrected chi connectivity index (χ2v) is 5.41. The Morgan fingerprint density at radius 1 is 0.958 bits per heavy atom. The van der Waals surface area contributed by atoms with Crippen molar-refractivity contribution in [1.29, 1.82) is 0 Å². The van der Waals surface area contributed by atoms with Crippen molar-refractivity contribution in [3.63, 3.8) is 0 Å². The Kier molecular flexibility index (Phi) is 4.22. The zero-order valence-electron chi connectivity index (χ0n) is 12.6. The van der Waals surface area contributed by atoms with E-state index in [0.717, 1.165) is 5.56 Å². The lowest BCUT2D eigenvalue weighted by Gasteiger charge is -2.27. The van der Waals surface area contributed by atoms with Crippen LogP contribution in [0.5, 0.6) is 0 Å². The van der Waals surface area contributed by atoms with E-state index in [9.17, 15) is 18.8 Å². The standard InChI is InChI=1S/C18H14FNO4/c19-18(11-21,12-24-10-13-6-2-1-3-7-13)20-16(22)14-8-4-5-9-15(14)17(20)23/h1-9,11H,10,12H2/t18-/m0/s1. The molecule has 122 valence electrons. The van der Waals surface area contributed by atoms with Gasteiger partial charge in [-0.05, 0) is 17.7 Å². The number of alkyl halides is 1. The van der Waals surface area contributed by atoms with Gasteiger partial charge in [0.25, 0.3) is 17.6 Å². The summed E-state index contributed by atoms with van der Waals surface area (Å²) in [5, 5.41) is 0. The third kappa shape index (κ3) is 2.72. The van der Waals surface area contributed by atoms with Crippen molar-refractivity contribution in [2.75, 3.05) is 6.61 Å². The monoisotopic (exact) mass is 327 g/mol. The Morgan fingerprint density at radius 3 is 2.04 bits per heavy atom. The molecule has 24 heavy (non-hydrogen) atoms. The van der Waals surface area contributed by atoms with E-state index in [2.05, 4.69) is 0 Å². The predicted molar refractivity (Wildman–Crippen MR) is 82.9 cm³/mol. The molecule has 2 amide bonds. The highest BCUT2D eigenvalue weighted by molar-refractivity contribution is 6.22. The molecular weight excluding hydrogens is 313 g/mol. The van der Waals surface area contributed by atoms with Gasteiger partial charge in [0.1, 0.15) is 6.61 Å². The summed E-state index contributed by atoms with van der Waals surface area (Å²) in [4.78, 5) is 36.2. The van der Waals surface area contributed by atoms with E-state index in [4.69, 9.17) is 4.74 Å². The lowest BCUT2D eigenvalue weighted by atomic mass is 10.1. The first kappa shape index (κ1) is 16.0. The maximum Gasteiger partial charge on any atom is 0.270 e. The lowest BCUT2D eigenvalue weighted by Crippen LogP contribution is -2.53. The van der Waals surface area contributed by atoms with E-state index in [1.807, 2.05) is 6.07 Å². The smallest absolute Gasteiger partial charge is 0.270 e. The molecule has 0 aliphatic carbocycles. The Hall–Kier alpha value is -2.86. The summed E-state index contributed by atoms with van der Waals surface area (Å²) in [6.45, 7) is -0.666. The first-order valence-corrected chi connectivity index (χ1v) is 7.31. The molecule has 0 unspecified atom stereocenters. The van der Waals surface area contributed by atoms with Gasteiger partial charge in [-0.1, -0.05) is 42.5 Å². The number of aldehydes is 1. The molecule has 0 bridgehead atoms. The highest BCUT2D eigenvalue weighted by atomic mass is 19.1.